The van der Waals surface area contributed by atoms with Crippen molar-refractivity contribution in [2.45, 2.75) is 18.8 Å². The molecule has 0 unspecified atom stereocenters. The highest BCUT2D eigenvalue weighted by atomic mass is 125. The van der Waals surface area contributed by atoms with E-state index < -0.39 is 36.3 Å². The van der Waals surface area contributed by atoms with Crippen LogP contribution in [0.15, 0.2) is 35.8 Å². The van der Waals surface area contributed by atoms with Crippen molar-refractivity contribution in [2.75, 3.05) is 6.61 Å². The Morgan fingerprint density at radius 2 is 1.95 bits per heavy atom. The van der Waals surface area contributed by atoms with Crippen molar-refractivity contribution in [1.82, 2.24) is 0 Å². The fourth-order valence-electron chi connectivity index (χ4n) is 1.74. The zero-order valence-electron chi connectivity index (χ0n) is 10.3. The molecule has 0 saturated carbocycles. The normalized spacial score (nSPS) is 20.1. The van der Waals surface area contributed by atoms with E-state index in [1.165, 1.54) is 0 Å². The molecular weight excluding hydrogens is 377 g/mol. The topological polar surface area (TPSA) is 96.2 Å². The molecule has 1 aromatic carbocycles. The summed E-state index contributed by atoms with van der Waals surface area (Å²) in [6, 6.07) is 7.55. The van der Waals surface area contributed by atoms with Crippen LogP contribution in [-0.2, 0) is 20.9 Å². The van der Waals surface area contributed by atoms with Crippen LogP contribution in [0.3, 0.4) is 0 Å². The molecule has 0 saturated heterocycles. The fourth-order valence-corrected chi connectivity index (χ4v) is 2.10. The highest BCUT2D eigenvalue weighted by Crippen LogP contribution is 2.23. The molecule has 0 radical (unpaired) electrons. The Bertz CT molecular complexity index is 524. The number of hydrogen-bond donors (Lipinski definition) is 3. The monoisotopic (exact) mass is 390 g/mol. The first-order chi connectivity index (χ1) is 9.52. The molecule has 2 rings (SSSR count). The Labute approximate surface area is 128 Å². The lowest BCUT2D eigenvalue weighted by atomic mass is 10.1. The van der Waals surface area contributed by atoms with Gasteiger partial charge in [0.1, 0.15) is 6.10 Å². The maximum Gasteiger partial charge on any atom is 0.377 e. The lowest BCUT2D eigenvalue weighted by molar-refractivity contribution is -0.151. The number of benzene rings is 1. The molecule has 0 spiro atoms. The number of ether oxygens (including phenoxy) is 2. The Hall–Kier alpha value is -1.32. The van der Waals surface area contributed by atoms with E-state index in [2.05, 4.69) is 22.6 Å². The second kappa shape index (κ2) is 6.42. The number of aliphatic hydroxyl groups is 3. The van der Waals surface area contributed by atoms with Crippen LogP contribution in [0.1, 0.15) is 5.56 Å². The molecule has 0 aromatic heterocycles. The van der Waals surface area contributed by atoms with Crippen molar-refractivity contribution in [3.8, 4) is 0 Å². The van der Waals surface area contributed by atoms with Gasteiger partial charge in [0.2, 0.25) is 5.76 Å². The molecule has 0 fully saturated rings. The summed E-state index contributed by atoms with van der Waals surface area (Å²) in [6.45, 7) is -0.274. The van der Waals surface area contributed by atoms with Gasteiger partial charge >= 0.3 is 5.97 Å². The number of carbonyl (C=O) groups is 1. The first-order valence-corrected chi connectivity index (χ1v) is 6.90. The van der Waals surface area contributed by atoms with Gasteiger partial charge in [-0.1, -0.05) is 12.1 Å². The van der Waals surface area contributed by atoms with Crippen molar-refractivity contribution in [3.05, 3.63) is 44.9 Å². The van der Waals surface area contributed by atoms with Gasteiger partial charge in [-0.05, 0) is 40.3 Å². The molecule has 3 N–H and O–H groups in total. The minimum Gasteiger partial charge on any atom is -0.505 e. The number of esters is 1. The van der Waals surface area contributed by atoms with Gasteiger partial charge in [0.15, 0.2) is 11.9 Å². The molecular formula is C13H13IO6. The van der Waals surface area contributed by atoms with Gasteiger partial charge in [0.05, 0.1) is 13.2 Å². The van der Waals surface area contributed by atoms with Crippen LogP contribution < -0.4 is 0 Å². The van der Waals surface area contributed by atoms with Crippen molar-refractivity contribution >= 4 is 28.6 Å². The van der Waals surface area contributed by atoms with Crippen LogP contribution in [0.2, 0.25) is 0 Å². The van der Waals surface area contributed by atoms with Gasteiger partial charge in [-0.3, -0.25) is 0 Å². The fraction of sp³-hybridized carbons (Fsp3) is 0.308. The lowest BCUT2D eigenvalue weighted by Crippen LogP contribution is -2.34. The maximum atomic E-state index is 11.1. The Morgan fingerprint density at radius 3 is 2.45 bits per heavy atom. The van der Waals surface area contributed by atoms with E-state index >= 15 is 0 Å². The second-order valence-corrected chi connectivity index (χ2v) is 5.46. The number of cyclic esters (lactones) is 1. The van der Waals surface area contributed by atoms with E-state index in [4.69, 9.17) is 9.47 Å². The molecule has 0 amide bonds. The molecule has 20 heavy (non-hydrogen) atoms. The molecule has 1 aliphatic heterocycles. The Kier molecular flexibility index (Phi) is 4.84. The van der Waals surface area contributed by atoms with Crippen LogP contribution >= 0.6 is 22.6 Å². The van der Waals surface area contributed by atoms with Gasteiger partial charge < -0.3 is 24.8 Å². The third kappa shape index (κ3) is 3.22. The average Bonchev–Trinajstić information content (AvgIpc) is 2.70. The summed E-state index contributed by atoms with van der Waals surface area (Å²) in [5.41, 5.74) is 0.876. The van der Waals surface area contributed by atoms with Gasteiger partial charge in [-0.2, -0.15) is 0 Å². The zero-order chi connectivity index (χ0) is 14.7. The second-order valence-electron chi connectivity index (χ2n) is 4.22. The minimum atomic E-state index is -1.18. The minimum absolute atomic E-state index is 0.185. The summed E-state index contributed by atoms with van der Waals surface area (Å²) in [7, 11) is 0. The van der Waals surface area contributed by atoms with Crippen LogP contribution in [0, 0.1) is 3.57 Å². The summed E-state index contributed by atoms with van der Waals surface area (Å²) in [6.07, 6.45) is -2.13. The molecule has 1 heterocycles. The zero-order valence-corrected chi connectivity index (χ0v) is 12.5. The molecule has 1 aromatic rings. The Balaban J connectivity index is 2.00. The van der Waals surface area contributed by atoms with Gasteiger partial charge in [0.25, 0.3) is 0 Å². The van der Waals surface area contributed by atoms with Crippen molar-refractivity contribution in [3.63, 3.8) is 0 Å². The SMILES string of the molecule is O=C1O[C@H]([C@H](CO)OCc2ccc([125I])cc2)C(O)=C1O. The summed E-state index contributed by atoms with van der Waals surface area (Å²) in [5.74, 6) is -2.48. The highest BCUT2D eigenvalue weighted by Gasteiger charge is 2.40. The third-order valence-electron chi connectivity index (χ3n) is 2.83. The van der Waals surface area contributed by atoms with Crippen LogP contribution in [0.25, 0.3) is 0 Å². The molecule has 2 atom stereocenters. The van der Waals surface area contributed by atoms with Crippen molar-refractivity contribution in [1.29, 1.82) is 0 Å². The van der Waals surface area contributed by atoms with E-state index in [9.17, 15) is 20.1 Å². The van der Waals surface area contributed by atoms with E-state index in [0.29, 0.717) is 0 Å². The van der Waals surface area contributed by atoms with Gasteiger partial charge in [-0.15, -0.1) is 0 Å². The molecule has 7 heteroatoms. The number of hydrogen-bond acceptors (Lipinski definition) is 6. The van der Waals surface area contributed by atoms with Gasteiger partial charge in [-0.25, -0.2) is 4.79 Å². The first kappa shape index (κ1) is 15.1. The molecule has 0 aliphatic carbocycles. The van der Waals surface area contributed by atoms with Crippen molar-refractivity contribution < 1.29 is 29.6 Å². The maximum absolute atomic E-state index is 11.1. The lowest BCUT2D eigenvalue weighted by Gasteiger charge is -2.21. The molecule has 108 valence electrons. The van der Waals surface area contributed by atoms with Gasteiger partial charge in [0, 0.05) is 3.57 Å². The Morgan fingerprint density at radius 1 is 1.30 bits per heavy atom. The smallest absolute Gasteiger partial charge is 0.377 e. The third-order valence-corrected chi connectivity index (χ3v) is 3.55. The van der Waals surface area contributed by atoms with Crippen molar-refractivity contribution in [2.24, 2.45) is 0 Å². The number of aliphatic hydroxyl groups excluding tert-OH is 3. The number of carbonyl (C=O) groups excluding carboxylic acids is 1. The average molecular weight is 390 g/mol. The van der Waals surface area contributed by atoms with E-state index in [1.807, 2.05) is 24.3 Å². The summed E-state index contributed by atoms with van der Waals surface area (Å²) in [5, 5.41) is 28.0. The van der Waals surface area contributed by atoms with E-state index in [0.717, 1.165) is 9.13 Å². The van der Waals surface area contributed by atoms with Crippen LogP contribution in [0.5, 0.6) is 0 Å². The molecule has 6 nitrogen and oxygen atoms in total. The standard InChI is InChI=1S/C13H13IO6/c14-8-3-1-7(2-4-8)6-19-9(5-15)12-10(16)11(17)13(18)20-12/h1-4,9,12,15-17H,5-6H2/t9-,12+/m0/s1/i14-2. The predicted molar refractivity (Wildman–Crippen MR) is 77.0 cm³/mol. The van der Waals surface area contributed by atoms with E-state index in [-0.39, 0.29) is 6.61 Å². The summed E-state index contributed by atoms with van der Waals surface area (Å²) < 4.78 is 11.3. The summed E-state index contributed by atoms with van der Waals surface area (Å²) in [4.78, 5) is 11.1. The first-order valence-electron chi connectivity index (χ1n) is 5.83. The van der Waals surface area contributed by atoms with Crippen LogP contribution in [0.4, 0.5) is 0 Å². The quantitative estimate of drug-likeness (QED) is 0.520. The number of rotatable bonds is 5. The molecule has 1 aliphatic rings. The predicted octanol–water partition coefficient (Wildman–Crippen LogP) is 1.42. The largest absolute Gasteiger partial charge is 0.505 e. The number of halogens is 1. The molecule has 0 bridgehead atoms. The summed E-state index contributed by atoms with van der Waals surface area (Å²) >= 11 is 2.18. The van der Waals surface area contributed by atoms with E-state index in [1.54, 1.807) is 0 Å². The van der Waals surface area contributed by atoms with Crippen LogP contribution in [-0.4, -0.2) is 40.1 Å². The highest BCUT2D eigenvalue weighted by molar-refractivity contribution is 14.1.